The van der Waals surface area contributed by atoms with Crippen LogP contribution in [0.3, 0.4) is 0 Å². The minimum Gasteiger partial charge on any atom is -0.401 e. The number of rotatable bonds is 14. The van der Waals surface area contributed by atoms with Crippen LogP contribution in [0.15, 0.2) is 12.3 Å². The summed E-state index contributed by atoms with van der Waals surface area (Å²) >= 11 is 0. The molecule has 1 rings (SSSR count). The van der Waals surface area contributed by atoms with E-state index in [4.69, 9.17) is 17.2 Å². The van der Waals surface area contributed by atoms with Gasteiger partial charge in [0, 0.05) is 51.0 Å². The summed E-state index contributed by atoms with van der Waals surface area (Å²) in [6, 6.07) is -1.01. The van der Waals surface area contributed by atoms with Crippen LogP contribution in [0.2, 0.25) is 0 Å². The van der Waals surface area contributed by atoms with Crippen LogP contribution in [-0.2, 0) is 51.9 Å². The first-order valence-electron chi connectivity index (χ1n) is 10.9. The van der Waals surface area contributed by atoms with Crippen LogP contribution in [0.25, 0.3) is 0 Å². The van der Waals surface area contributed by atoms with Gasteiger partial charge in [0.25, 0.3) is 0 Å². The Kier molecular flexibility index (Phi) is 19.4. The Bertz CT molecular complexity index is 601. The molecule has 32 heavy (non-hydrogen) atoms. The number of likely N-dealkylation sites (tertiary alicyclic amines) is 1. The summed E-state index contributed by atoms with van der Waals surface area (Å²) in [7, 11) is 0. The number of carbonyl (C=O) groups excluding carboxylic acids is 4. The normalized spacial score (nSPS) is 14.3. The molecule has 0 bridgehead atoms. The topological polar surface area (TPSA) is 174 Å². The van der Waals surface area contributed by atoms with Crippen molar-refractivity contribution >= 4 is 23.6 Å². The van der Waals surface area contributed by atoms with E-state index in [9.17, 15) is 19.2 Å². The molecule has 0 spiro atoms. The molecule has 1 saturated heterocycles. The third kappa shape index (κ3) is 13.2. The third-order valence-electron chi connectivity index (χ3n) is 4.64. The second-order valence-corrected chi connectivity index (χ2v) is 7.10. The summed E-state index contributed by atoms with van der Waals surface area (Å²) < 4.78 is 0. The molecule has 0 aromatic carbocycles. The van der Waals surface area contributed by atoms with Gasteiger partial charge in [-0.3, -0.25) is 20.8 Å². The molecule has 0 saturated carbocycles. The fourth-order valence-electron chi connectivity index (χ4n) is 2.84. The van der Waals surface area contributed by atoms with E-state index in [2.05, 4.69) is 17.2 Å². The van der Waals surface area contributed by atoms with Crippen molar-refractivity contribution in [3.63, 3.8) is 0 Å². The molecule has 0 aliphatic carbocycles. The predicted octanol–water partition coefficient (Wildman–Crippen LogP) is -0.327. The molecular weight excluding hydrogens is 489 g/mol. The van der Waals surface area contributed by atoms with Gasteiger partial charge in [-0.15, -0.1) is 0 Å². The second kappa shape index (κ2) is 19.0. The van der Waals surface area contributed by atoms with E-state index in [-0.39, 0.29) is 51.1 Å². The zero-order valence-corrected chi connectivity index (χ0v) is 22.2. The number of unbranched alkanes of at least 4 members (excludes halogenated alkanes) is 2. The first-order chi connectivity index (χ1) is 14.8. The zero-order chi connectivity index (χ0) is 23.8. The molecule has 1 aliphatic heterocycles. The SMILES string of the molecule is C=C(N)C(N)CCCCNC(=O)C(CCCCN)NC(=O)CN1C(=O)[CH-]CC1=O.CC.[Y]. The summed E-state index contributed by atoms with van der Waals surface area (Å²) in [6.07, 6.45) is 5.19. The van der Waals surface area contributed by atoms with Gasteiger partial charge in [0.2, 0.25) is 17.7 Å². The predicted molar refractivity (Wildman–Crippen MR) is 120 cm³/mol. The molecule has 1 radical (unpaired) electrons. The molecule has 1 fully saturated rings. The van der Waals surface area contributed by atoms with Crippen molar-refractivity contribution in [3.05, 3.63) is 18.7 Å². The van der Waals surface area contributed by atoms with Gasteiger partial charge in [0.1, 0.15) is 12.6 Å². The molecule has 2 atom stereocenters. The minimum absolute atomic E-state index is 0. The molecule has 4 amide bonds. The van der Waals surface area contributed by atoms with E-state index in [1.165, 1.54) is 6.42 Å². The fraction of sp³-hybridized carbons (Fsp3) is 0.667. The number of nitrogens with one attached hydrogen (secondary N) is 2. The summed E-state index contributed by atoms with van der Waals surface area (Å²) in [5.41, 5.74) is 17.3. The molecule has 0 aromatic heterocycles. The monoisotopic (exact) mass is 528 g/mol. The number of nitrogens with two attached hydrogens (primary N) is 3. The van der Waals surface area contributed by atoms with Gasteiger partial charge in [-0.2, -0.15) is 0 Å². The fourth-order valence-corrected chi connectivity index (χ4v) is 2.84. The van der Waals surface area contributed by atoms with E-state index in [0.29, 0.717) is 44.5 Å². The molecule has 181 valence electrons. The van der Waals surface area contributed by atoms with Gasteiger partial charge in [-0.25, -0.2) is 0 Å². The van der Waals surface area contributed by atoms with Gasteiger partial charge in [-0.05, 0) is 45.1 Å². The average molecular weight is 528 g/mol. The van der Waals surface area contributed by atoms with Crippen LogP contribution in [0, 0.1) is 6.42 Å². The minimum atomic E-state index is -0.753. The first-order valence-corrected chi connectivity index (χ1v) is 10.9. The molecule has 1 aliphatic rings. The summed E-state index contributed by atoms with van der Waals surface area (Å²) in [6.45, 7) is 8.13. The quantitative estimate of drug-likeness (QED) is 0.117. The summed E-state index contributed by atoms with van der Waals surface area (Å²) in [4.78, 5) is 48.8. The van der Waals surface area contributed by atoms with Crippen molar-refractivity contribution in [2.45, 2.75) is 70.9 Å². The number of nitrogens with zero attached hydrogens (tertiary/aromatic N) is 1. The van der Waals surface area contributed by atoms with Gasteiger partial charge in [-0.1, -0.05) is 26.8 Å². The molecule has 8 N–H and O–H groups in total. The molecular formula is C21H39N6O4Y-. The van der Waals surface area contributed by atoms with Crippen molar-refractivity contribution in [1.82, 2.24) is 15.5 Å². The number of hydrogen-bond donors (Lipinski definition) is 5. The standard InChI is InChI=1S/C19H33N6O4.C2H6.Y/c1-13(21)14(22)6-3-5-11-23-19(29)15(7-2-4-10-20)24-16(26)12-25-17(27)8-9-18(25)28;1-2;/h8,14-15H,1-7,9-12,20-22H2,(H,23,29)(H,24,26);1-2H3;/q-1;;. The van der Waals surface area contributed by atoms with E-state index in [0.717, 1.165) is 17.7 Å². The summed E-state index contributed by atoms with van der Waals surface area (Å²) in [5.74, 6) is -1.78. The van der Waals surface area contributed by atoms with Crippen molar-refractivity contribution in [2.75, 3.05) is 19.6 Å². The number of imide groups is 1. The molecule has 0 aromatic rings. The van der Waals surface area contributed by atoms with Crippen LogP contribution in [0.1, 0.15) is 58.8 Å². The van der Waals surface area contributed by atoms with Crippen LogP contribution in [0.4, 0.5) is 0 Å². The van der Waals surface area contributed by atoms with Gasteiger partial charge < -0.3 is 37.5 Å². The zero-order valence-electron chi connectivity index (χ0n) is 19.4. The Morgan fingerprint density at radius 3 is 2.31 bits per heavy atom. The molecule has 10 nitrogen and oxygen atoms in total. The maximum atomic E-state index is 12.5. The third-order valence-corrected chi connectivity index (χ3v) is 4.64. The Balaban J connectivity index is 0. The molecule has 1 heterocycles. The molecule has 2 unspecified atom stereocenters. The number of amides is 4. The Morgan fingerprint density at radius 2 is 1.78 bits per heavy atom. The number of hydrogen-bond acceptors (Lipinski definition) is 7. The maximum absolute atomic E-state index is 12.5. The number of carbonyl (C=O) groups is 4. The van der Waals surface area contributed by atoms with Crippen molar-refractivity contribution in [3.8, 4) is 0 Å². The van der Waals surface area contributed by atoms with Gasteiger partial charge in [0.05, 0.1) is 5.91 Å². The van der Waals surface area contributed by atoms with Crippen molar-refractivity contribution in [1.29, 1.82) is 0 Å². The Morgan fingerprint density at radius 1 is 1.16 bits per heavy atom. The smallest absolute Gasteiger partial charge is 0.242 e. The van der Waals surface area contributed by atoms with E-state index >= 15 is 0 Å². The van der Waals surface area contributed by atoms with Gasteiger partial charge >= 0.3 is 0 Å². The van der Waals surface area contributed by atoms with Crippen LogP contribution >= 0.6 is 0 Å². The molecule has 11 heteroatoms. The van der Waals surface area contributed by atoms with Gasteiger partial charge in [0.15, 0.2) is 0 Å². The van der Waals surface area contributed by atoms with E-state index in [1.807, 2.05) is 13.8 Å². The average Bonchev–Trinajstić information content (AvgIpc) is 3.05. The van der Waals surface area contributed by atoms with Crippen LogP contribution in [0.5, 0.6) is 0 Å². The van der Waals surface area contributed by atoms with Crippen molar-refractivity contribution in [2.24, 2.45) is 17.2 Å². The maximum Gasteiger partial charge on any atom is 0.242 e. The Labute approximate surface area is 216 Å². The first kappa shape index (κ1) is 32.7. The summed E-state index contributed by atoms with van der Waals surface area (Å²) in [5, 5.41) is 5.41. The van der Waals surface area contributed by atoms with Crippen molar-refractivity contribution < 1.29 is 51.9 Å². The van der Waals surface area contributed by atoms with Crippen LogP contribution in [-0.4, -0.2) is 60.2 Å². The Hall–Kier alpha value is -1.49. The van der Waals surface area contributed by atoms with Crippen LogP contribution < -0.4 is 27.8 Å². The van der Waals surface area contributed by atoms with E-state index < -0.39 is 30.3 Å². The van der Waals surface area contributed by atoms with E-state index in [1.54, 1.807) is 0 Å². The largest absolute Gasteiger partial charge is 0.401 e. The second-order valence-electron chi connectivity index (χ2n) is 7.10.